The van der Waals surface area contributed by atoms with Gasteiger partial charge in [-0.3, -0.25) is 14.2 Å². The van der Waals surface area contributed by atoms with Crippen LogP contribution in [0.3, 0.4) is 0 Å². The summed E-state index contributed by atoms with van der Waals surface area (Å²) in [7, 11) is 0. The maximum absolute atomic E-state index is 13.0. The van der Waals surface area contributed by atoms with Gasteiger partial charge in [0.1, 0.15) is 4.83 Å². The molecule has 0 atom stereocenters. The Morgan fingerprint density at radius 2 is 1.71 bits per heavy atom. The van der Waals surface area contributed by atoms with Crippen molar-refractivity contribution in [3.05, 3.63) is 88.0 Å². The van der Waals surface area contributed by atoms with Gasteiger partial charge in [-0.15, -0.1) is 11.3 Å². The zero-order valence-electron chi connectivity index (χ0n) is 15.1. The highest BCUT2D eigenvalue weighted by molar-refractivity contribution is 7.99. The fourth-order valence-electron chi connectivity index (χ4n) is 2.96. The lowest BCUT2D eigenvalue weighted by atomic mass is 10.1. The van der Waals surface area contributed by atoms with E-state index in [1.165, 1.54) is 23.1 Å². The number of fused-ring (bicyclic) bond motifs is 1. The van der Waals surface area contributed by atoms with Crippen LogP contribution in [0.4, 0.5) is 0 Å². The highest BCUT2D eigenvalue weighted by Crippen LogP contribution is 2.24. The molecule has 0 radical (unpaired) electrons. The molecule has 2 aromatic heterocycles. The van der Waals surface area contributed by atoms with Crippen LogP contribution in [0.5, 0.6) is 0 Å². The van der Waals surface area contributed by atoms with Crippen LogP contribution in [0.15, 0.2) is 82.1 Å². The molecule has 4 aromatic rings. The van der Waals surface area contributed by atoms with Crippen molar-refractivity contribution in [3.8, 4) is 5.69 Å². The standard InChI is InChI=1S/C22H18N2O2S2/c25-19(16-8-3-1-4-9-16)12-7-14-28-22-23-20-18(13-15-27-20)21(26)24(22)17-10-5-2-6-11-17/h1-6,8-11,13,15H,7,12,14H2. The number of thiophene rings is 1. The molecule has 28 heavy (non-hydrogen) atoms. The minimum absolute atomic E-state index is 0.0553. The third kappa shape index (κ3) is 3.93. The van der Waals surface area contributed by atoms with Gasteiger partial charge < -0.3 is 0 Å². The van der Waals surface area contributed by atoms with Crippen LogP contribution in [0.1, 0.15) is 23.2 Å². The normalized spacial score (nSPS) is 11.0. The van der Waals surface area contributed by atoms with Gasteiger partial charge in [-0.25, -0.2) is 4.98 Å². The summed E-state index contributed by atoms with van der Waals surface area (Å²) >= 11 is 2.99. The molecule has 0 bridgehead atoms. The monoisotopic (exact) mass is 406 g/mol. The fourth-order valence-corrected chi connectivity index (χ4v) is 4.72. The maximum Gasteiger partial charge on any atom is 0.267 e. The molecule has 2 aromatic carbocycles. The SMILES string of the molecule is O=C(CCCSc1nc2sccc2c(=O)n1-c1ccccc1)c1ccccc1. The quantitative estimate of drug-likeness (QED) is 0.183. The van der Waals surface area contributed by atoms with Gasteiger partial charge in [-0.2, -0.15) is 0 Å². The summed E-state index contributed by atoms with van der Waals surface area (Å²) in [6.45, 7) is 0. The Bertz CT molecular complexity index is 1150. The first-order valence-corrected chi connectivity index (χ1v) is 10.9. The third-order valence-corrected chi connectivity index (χ3v) is 6.19. The first-order valence-electron chi connectivity index (χ1n) is 9.01. The number of nitrogens with zero attached hydrogens (tertiary/aromatic N) is 2. The number of rotatable bonds is 7. The summed E-state index contributed by atoms with van der Waals surface area (Å²) in [5.74, 6) is 0.859. The molecule has 0 N–H and O–H groups in total. The average Bonchev–Trinajstić information content (AvgIpc) is 3.21. The smallest absolute Gasteiger partial charge is 0.267 e. The van der Waals surface area contributed by atoms with Gasteiger partial charge in [0.25, 0.3) is 5.56 Å². The summed E-state index contributed by atoms with van der Waals surface area (Å²) in [6, 6.07) is 20.7. The van der Waals surface area contributed by atoms with E-state index in [1.54, 1.807) is 4.57 Å². The summed E-state index contributed by atoms with van der Waals surface area (Å²) in [5, 5.41) is 3.19. The maximum atomic E-state index is 13.0. The van der Waals surface area contributed by atoms with E-state index >= 15 is 0 Å². The minimum Gasteiger partial charge on any atom is -0.294 e. The van der Waals surface area contributed by atoms with Crippen molar-refractivity contribution < 1.29 is 4.79 Å². The topological polar surface area (TPSA) is 52.0 Å². The van der Waals surface area contributed by atoms with E-state index in [2.05, 4.69) is 0 Å². The lowest BCUT2D eigenvalue weighted by Gasteiger charge is -2.11. The average molecular weight is 407 g/mol. The zero-order valence-corrected chi connectivity index (χ0v) is 16.7. The van der Waals surface area contributed by atoms with Crippen LogP contribution >= 0.6 is 23.1 Å². The van der Waals surface area contributed by atoms with Gasteiger partial charge in [0, 0.05) is 17.7 Å². The second-order valence-electron chi connectivity index (χ2n) is 6.25. The fraction of sp³-hybridized carbons (Fsp3) is 0.136. The zero-order chi connectivity index (χ0) is 19.3. The molecule has 0 saturated carbocycles. The number of para-hydroxylation sites is 1. The molecule has 4 rings (SSSR count). The summed E-state index contributed by atoms with van der Waals surface area (Å²) in [4.78, 5) is 30.7. The van der Waals surface area contributed by atoms with Crippen molar-refractivity contribution in [3.63, 3.8) is 0 Å². The Morgan fingerprint density at radius 1 is 1.00 bits per heavy atom. The highest BCUT2D eigenvalue weighted by atomic mass is 32.2. The molecule has 140 valence electrons. The molecule has 0 amide bonds. The molecule has 0 saturated heterocycles. The molecule has 0 aliphatic heterocycles. The molecule has 0 aliphatic rings. The minimum atomic E-state index is -0.0553. The van der Waals surface area contributed by atoms with E-state index in [-0.39, 0.29) is 11.3 Å². The van der Waals surface area contributed by atoms with E-state index in [0.29, 0.717) is 22.7 Å². The number of aromatic nitrogens is 2. The first kappa shape index (κ1) is 18.7. The number of hydrogen-bond acceptors (Lipinski definition) is 5. The third-order valence-electron chi connectivity index (χ3n) is 4.36. The molecule has 0 aliphatic carbocycles. The van der Waals surface area contributed by atoms with E-state index < -0.39 is 0 Å². The number of carbonyl (C=O) groups is 1. The molecular weight excluding hydrogens is 388 g/mol. The van der Waals surface area contributed by atoms with Crippen molar-refractivity contribution in [2.75, 3.05) is 5.75 Å². The van der Waals surface area contributed by atoms with Crippen LogP contribution < -0.4 is 5.56 Å². The Morgan fingerprint density at radius 3 is 2.46 bits per heavy atom. The van der Waals surface area contributed by atoms with Crippen molar-refractivity contribution >= 4 is 39.1 Å². The van der Waals surface area contributed by atoms with Crippen molar-refractivity contribution in [2.45, 2.75) is 18.0 Å². The van der Waals surface area contributed by atoms with Crippen molar-refractivity contribution in [2.24, 2.45) is 0 Å². The van der Waals surface area contributed by atoms with Crippen LogP contribution in [0, 0.1) is 0 Å². The lowest BCUT2D eigenvalue weighted by molar-refractivity contribution is 0.0982. The van der Waals surface area contributed by atoms with Crippen LogP contribution in [0.25, 0.3) is 15.9 Å². The van der Waals surface area contributed by atoms with E-state index in [1.807, 2.05) is 72.1 Å². The van der Waals surface area contributed by atoms with Crippen molar-refractivity contribution in [1.82, 2.24) is 9.55 Å². The Kier molecular flexibility index (Phi) is 5.69. The van der Waals surface area contributed by atoms with Gasteiger partial charge in [-0.1, -0.05) is 60.3 Å². The van der Waals surface area contributed by atoms with Crippen LogP contribution in [0.2, 0.25) is 0 Å². The molecule has 4 nitrogen and oxygen atoms in total. The van der Waals surface area contributed by atoms with Gasteiger partial charge >= 0.3 is 0 Å². The second kappa shape index (κ2) is 8.54. The van der Waals surface area contributed by atoms with E-state index in [4.69, 9.17) is 4.98 Å². The Balaban J connectivity index is 1.53. The Hall–Kier alpha value is -2.70. The lowest BCUT2D eigenvalue weighted by Crippen LogP contribution is -2.21. The van der Waals surface area contributed by atoms with Gasteiger partial charge in [-0.05, 0) is 30.0 Å². The molecule has 0 spiro atoms. The number of benzene rings is 2. The molecule has 0 fully saturated rings. The van der Waals surface area contributed by atoms with E-state index in [9.17, 15) is 9.59 Å². The summed E-state index contributed by atoms with van der Waals surface area (Å²) < 4.78 is 1.67. The summed E-state index contributed by atoms with van der Waals surface area (Å²) in [6.07, 6.45) is 1.21. The number of ketones is 1. The molecule has 0 unspecified atom stereocenters. The van der Waals surface area contributed by atoms with Crippen molar-refractivity contribution in [1.29, 1.82) is 0 Å². The predicted molar refractivity (Wildman–Crippen MR) is 116 cm³/mol. The van der Waals surface area contributed by atoms with Gasteiger partial charge in [0.2, 0.25) is 0 Å². The van der Waals surface area contributed by atoms with Gasteiger partial charge in [0.05, 0.1) is 11.1 Å². The molecule has 6 heteroatoms. The number of carbonyl (C=O) groups excluding carboxylic acids is 1. The van der Waals surface area contributed by atoms with Crippen LogP contribution in [-0.4, -0.2) is 21.1 Å². The summed E-state index contributed by atoms with van der Waals surface area (Å²) in [5.41, 5.74) is 1.49. The first-order chi connectivity index (χ1) is 13.7. The van der Waals surface area contributed by atoms with Crippen LogP contribution in [-0.2, 0) is 0 Å². The number of Topliss-reactive ketones (excluding diaryl/α,β-unsaturated/α-hetero) is 1. The predicted octanol–water partition coefficient (Wildman–Crippen LogP) is 5.20. The number of hydrogen-bond donors (Lipinski definition) is 0. The molecule has 2 heterocycles. The highest BCUT2D eigenvalue weighted by Gasteiger charge is 2.14. The largest absolute Gasteiger partial charge is 0.294 e. The Labute approximate surface area is 170 Å². The molecular formula is C22H18N2O2S2. The second-order valence-corrected chi connectivity index (χ2v) is 8.21. The van der Waals surface area contributed by atoms with Gasteiger partial charge in [0.15, 0.2) is 10.9 Å². The number of thioether (sulfide) groups is 1. The van der Waals surface area contributed by atoms with E-state index in [0.717, 1.165) is 22.5 Å².